The number of unbranched alkanes of at least 4 members (excludes halogenated alkanes) is 2. The van der Waals surface area contributed by atoms with Crippen molar-refractivity contribution < 1.29 is 0 Å². The van der Waals surface area contributed by atoms with Gasteiger partial charge in [-0.2, -0.15) is 0 Å². The van der Waals surface area contributed by atoms with Crippen LogP contribution in [0, 0.1) is 0 Å². The normalized spacial score (nSPS) is 12.1. The first-order valence-corrected chi connectivity index (χ1v) is 5.98. The minimum absolute atomic E-state index is 1.18. The van der Waals surface area contributed by atoms with Crippen molar-refractivity contribution in [2.75, 3.05) is 0 Å². The summed E-state index contributed by atoms with van der Waals surface area (Å²) in [5.74, 6) is 0. The molecule has 0 fully saturated rings. The Kier molecular flexibility index (Phi) is 6.82. The smallest absolute Gasteiger partial charge is 0.0257 e. The van der Waals surface area contributed by atoms with Gasteiger partial charge in [-0.3, -0.25) is 0 Å². The van der Waals surface area contributed by atoms with E-state index in [0.29, 0.717) is 0 Å². The van der Waals surface area contributed by atoms with Crippen LogP contribution in [-0.2, 0) is 0 Å². The van der Waals surface area contributed by atoms with Gasteiger partial charge in [-0.1, -0.05) is 86.6 Å². The second-order valence-electron chi connectivity index (χ2n) is 3.73. The molecule has 0 atom stereocenters. The van der Waals surface area contributed by atoms with Crippen LogP contribution in [0.4, 0.5) is 0 Å². The van der Waals surface area contributed by atoms with Gasteiger partial charge in [0.15, 0.2) is 0 Å². The largest absolute Gasteiger partial charge is 0.0845 e. The zero-order valence-electron chi connectivity index (χ0n) is 9.97. The molecule has 0 heterocycles. The molecule has 0 aromatic heterocycles. The lowest BCUT2D eigenvalue weighted by molar-refractivity contribution is 0.815. The second kappa shape index (κ2) is 8.72. The van der Waals surface area contributed by atoms with E-state index in [0.717, 1.165) is 0 Å². The Morgan fingerprint density at radius 1 is 0.938 bits per heavy atom. The number of hydrogen-bond acceptors (Lipinski definition) is 0. The first kappa shape index (κ1) is 12.5. The third-order valence-corrected chi connectivity index (χ3v) is 2.28. The molecule has 0 N–H and O–H groups in total. The molecule has 0 radical (unpaired) electrons. The van der Waals surface area contributed by atoms with Crippen molar-refractivity contribution in [3.63, 3.8) is 0 Å². The van der Waals surface area contributed by atoms with Gasteiger partial charge in [0, 0.05) is 0 Å². The first-order chi connectivity index (χ1) is 7.93. The van der Waals surface area contributed by atoms with Gasteiger partial charge in [0.2, 0.25) is 0 Å². The number of hydrogen-bond donors (Lipinski definition) is 0. The molecular formula is C16H20. The van der Waals surface area contributed by atoms with Gasteiger partial charge in [0.25, 0.3) is 0 Å². The van der Waals surface area contributed by atoms with E-state index in [9.17, 15) is 0 Å². The lowest BCUT2D eigenvalue weighted by Gasteiger charge is -1.88. The van der Waals surface area contributed by atoms with E-state index in [1.54, 1.807) is 0 Å². The lowest BCUT2D eigenvalue weighted by atomic mass is 10.2. The van der Waals surface area contributed by atoms with Gasteiger partial charge in [-0.05, 0) is 12.0 Å². The predicted octanol–water partition coefficient (Wildman–Crippen LogP) is 5.00. The van der Waals surface area contributed by atoms with Crippen molar-refractivity contribution in [3.05, 3.63) is 66.3 Å². The molecule has 1 aromatic carbocycles. The van der Waals surface area contributed by atoms with Gasteiger partial charge < -0.3 is 0 Å². The summed E-state index contributed by atoms with van der Waals surface area (Å²) in [5.41, 5.74) is 1.24. The van der Waals surface area contributed by atoms with Crippen LogP contribution in [0.2, 0.25) is 0 Å². The molecule has 16 heavy (non-hydrogen) atoms. The highest BCUT2D eigenvalue weighted by atomic mass is 13.9. The van der Waals surface area contributed by atoms with Gasteiger partial charge in [0.05, 0.1) is 0 Å². The molecule has 0 heteroatoms. The van der Waals surface area contributed by atoms with E-state index in [4.69, 9.17) is 0 Å². The number of rotatable bonds is 6. The van der Waals surface area contributed by atoms with Crippen LogP contribution in [-0.4, -0.2) is 0 Å². The molecular weight excluding hydrogens is 192 g/mol. The van der Waals surface area contributed by atoms with Gasteiger partial charge in [-0.15, -0.1) is 0 Å². The van der Waals surface area contributed by atoms with E-state index < -0.39 is 0 Å². The molecule has 1 rings (SSSR count). The first-order valence-electron chi connectivity index (χ1n) is 5.98. The Balaban J connectivity index is 2.26. The van der Waals surface area contributed by atoms with Crippen molar-refractivity contribution >= 4 is 6.08 Å². The SMILES string of the molecule is CCCCC=CC=CC=Cc1ccccc1. The molecule has 0 unspecified atom stereocenters. The Morgan fingerprint density at radius 3 is 2.44 bits per heavy atom. The fraction of sp³-hybridized carbons (Fsp3) is 0.250. The van der Waals surface area contributed by atoms with Crippen LogP contribution in [0.25, 0.3) is 6.08 Å². The molecule has 0 aliphatic rings. The zero-order chi connectivity index (χ0) is 11.5. The third-order valence-electron chi connectivity index (χ3n) is 2.28. The Hall–Kier alpha value is -1.56. The third kappa shape index (κ3) is 6.02. The van der Waals surface area contributed by atoms with Crippen molar-refractivity contribution in [3.8, 4) is 0 Å². The van der Waals surface area contributed by atoms with E-state index in [-0.39, 0.29) is 0 Å². The summed E-state index contributed by atoms with van der Waals surface area (Å²) in [7, 11) is 0. The van der Waals surface area contributed by atoms with Crippen LogP contribution in [0.1, 0.15) is 31.7 Å². The number of allylic oxidation sites excluding steroid dienone is 5. The van der Waals surface area contributed by atoms with E-state index in [1.165, 1.54) is 24.8 Å². The molecule has 84 valence electrons. The van der Waals surface area contributed by atoms with Crippen LogP contribution in [0.3, 0.4) is 0 Å². The van der Waals surface area contributed by atoms with Crippen LogP contribution in [0.15, 0.2) is 60.7 Å². The highest BCUT2D eigenvalue weighted by Crippen LogP contribution is 2.01. The van der Waals surface area contributed by atoms with Crippen molar-refractivity contribution in [1.82, 2.24) is 0 Å². The van der Waals surface area contributed by atoms with Gasteiger partial charge in [-0.25, -0.2) is 0 Å². The summed E-state index contributed by atoms with van der Waals surface area (Å²) < 4.78 is 0. The fourth-order valence-corrected chi connectivity index (χ4v) is 1.36. The fourth-order valence-electron chi connectivity index (χ4n) is 1.36. The average molecular weight is 212 g/mol. The maximum Gasteiger partial charge on any atom is -0.0257 e. The van der Waals surface area contributed by atoms with E-state index in [1.807, 2.05) is 18.2 Å². The zero-order valence-corrected chi connectivity index (χ0v) is 9.97. The van der Waals surface area contributed by atoms with Gasteiger partial charge in [0.1, 0.15) is 0 Å². The predicted molar refractivity (Wildman–Crippen MR) is 73.3 cm³/mol. The summed E-state index contributed by atoms with van der Waals surface area (Å²) in [6.45, 7) is 2.21. The van der Waals surface area contributed by atoms with Crippen molar-refractivity contribution in [1.29, 1.82) is 0 Å². The summed E-state index contributed by atoms with van der Waals surface area (Å²) in [6, 6.07) is 10.3. The highest BCUT2D eigenvalue weighted by molar-refractivity contribution is 5.50. The maximum absolute atomic E-state index is 2.22. The second-order valence-corrected chi connectivity index (χ2v) is 3.73. The molecule has 0 spiro atoms. The van der Waals surface area contributed by atoms with Crippen molar-refractivity contribution in [2.45, 2.75) is 26.2 Å². The highest BCUT2D eigenvalue weighted by Gasteiger charge is 1.79. The van der Waals surface area contributed by atoms with Crippen LogP contribution >= 0.6 is 0 Å². The van der Waals surface area contributed by atoms with E-state index >= 15 is 0 Å². The van der Waals surface area contributed by atoms with Gasteiger partial charge >= 0.3 is 0 Å². The van der Waals surface area contributed by atoms with Crippen molar-refractivity contribution in [2.24, 2.45) is 0 Å². The summed E-state index contributed by atoms with van der Waals surface area (Å²) in [6.07, 6.45) is 16.4. The molecule has 0 aliphatic carbocycles. The van der Waals surface area contributed by atoms with E-state index in [2.05, 4.69) is 55.5 Å². The minimum atomic E-state index is 1.18. The molecule has 1 aromatic rings. The van der Waals surface area contributed by atoms with Crippen LogP contribution < -0.4 is 0 Å². The summed E-state index contributed by atoms with van der Waals surface area (Å²) in [5, 5.41) is 0. The summed E-state index contributed by atoms with van der Waals surface area (Å²) >= 11 is 0. The minimum Gasteiger partial charge on any atom is -0.0845 e. The maximum atomic E-state index is 2.22. The Labute approximate surface area is 99.0 Å². The van der Waals surface area contributed by atoms with Crippen LogP contribution in [0.5, 0.6) is 0 Å². The number of benzene rings is 1. The quantitative estimate of drug-likeness (QED) is 0.459. The summed E-state index contributed by atoms with van der Waals surface area (Å²) in [4.78, 5) is 0. The molecule has 0 saturated carbocycles. The Bertz CT molecular complexity index is 342. The molecule has 0 saturated heterocycles. The molecule has 0 bridgehead atoms. The molecule has 0 aliphatic heterocycles. The molecule has 0 nitrogen and oxygen atoms in total. The topological polar surface area (TPSA) is 0 Å². The molecule has 0 amide bonds. The Morgan fingerprint density at radius 2 is 1.69 bits per heavy atom. The standard InChI is InChI=1S/C16H20/c1-2-3-4-5-6-7-8-10-13-16-14-11-9-12-15-16/h5-15H,2-4H2,1H3. The average Bonchev–Trinajstić information content (AvgIpc) is 2.34. The monoisotopic (exact) mass is 212 g/mol. The lowest BCUT2D eigenvalue weighted by Crippen LogP contribution is -1.66.